The van der Waals surface area contributed by atoms with E-state index in [0.717, 1.165) is 18.5 Å². The average Bonchev–Trinajstić information content (AvgIpc) is 3.19. The highest BCUT2D eigenvalue weighted by Crippen LogP contribution is 2.40. The predicted octanol–water partition coefficient (Wildman–Crippen LogP) is -0.644. The van der Waals surface area contributed by atoms with Crippen LogP contribution in [0.15, 0.2) is 6.20 Å². The summed E-state index contributed by atoms with van der Waals surface area (Å²) < 4.78 is 3.27. The zero-order valence-corrected chi connectivity index (χ0v) is 20.1. The van der Waals surface area contributed by atoms with Crippen LogP contribution in [-0.2, 0) is 22.7 Å². The lowest BCUT2D eigenvalue weighted by molar-refractivity contribution is -0.144. The van der Waals surface area contributed by atoms with Gasteiger partial charge in [-0.3, -0.25) is 14.4 Å². The molecule has 35 heavy (non-hydrogen) atoms. The van der Waals surface area contributed by atoms with Crippen LogP contribution in [0.4, 0.5) is 0 Å². The van der Waals surface area contributed by atoms with Crippen LogP contribution in [0.25, 0.3) is 0 Å². The highest BCUT2D eigenvalue weighted by molar-refractivity contribution is 5.91. The summed E-state index contributed by atoms with van der Waals surface area (Å²) in [5.74, 6) is 0.0987. The van der Waals surface area contributed by atoms with Gasteiger partial charge in [0.1, 0.15) is 12.1 Å². The molecule has 0 aromatic carbocycles. The first kappa shape index (κ1) is 23.4. The van der Waals surface area contributed by atoms with Gasteiger partial charge in [0.05, 0.1) is 18.3 Å². The fourth-order valence-electron chi connectivity index (χ4n) is 4.84. The Morgan fingerprint density at radius 1 is 1.26 bits per heavy atom. The molecule has 2 aliphatic heterocycles. The van der Waals surface area contributed by atoms with Crippen LogP contribution in [0.5, 0.6) is 0 Å². The van der Waals surface area contributed by atoms with Gasteiger partial charge in [-0.05, 0) is 18.3 Å². The van der Waals surface area contributed by atoms with Crippen LogP contribution in [0.2, 0.25) is 0 Å². The van der Waals surface area contributed by atoms with E-state index < -0.39 is 29.5 Å². The Morgan fingerprint density at radius 3 is 2.74 bits per heavy atom. The first-order chi connectivity index (χ1) is 16.6. The van der Waals surface area contributed by atoms with Gasteiger partial charge in [0.2, 0.25) is 17.6 Å². The molecule has 3 atom stereocenters. The number of amides is 3. The van der Waals surface area contributed by atoms with Crippen LogP contribution in [0.3, 0.4) is 0 Å². The molecule has 3 aliphatic rings. The summed E-state index contributed by atoms with van der Waals surface area (Å²) in [6.45, 7) is 6.93. The predicted molar refractivity (Wildman–Crippen MR) is 121 cm³/mol. The number of aliphatic hydroxyl groups is 1. The van der Waals surface area contributed by atoms with E-state index in [9.17, 15) is 19.5 Å². The van der Waals surface area contributed by atoms with Crippen molar-refractivity contribution in [3.05, 3.63) is 23.5 Å². The van der Waals surface area contributed by atoms with Crippen LogP contribution in [0.1, 0.15) is 74.1 Å². The van der Waals surface area contributed by atoms with Gasteiger partial charge in [0.25, 0.3) is 5.91 Å². The number of hydrogen-bond donors (Lipinski definition) is 3. The lowest BCUT2D eigenvalue weighted by Gasteiger charge is -2.34. The number of aliphatic hydroxyl groups excluding tert-OH is 1. The maximum Gasteiger partial charge on any atom is 0.289 e. The molecule has 2 aromatic rings. The van der Waals surface area contributed by atoms with Crippen LogP contribution in [0, 0.1) is 5.41 Å². The summed E-state index contributed by atoms with van der Waals surface area (Å²) in [5.41, 5.74) is 0.384. The fourth-order valence-corrected chi connectivity index (χ4v) is 4.84. The van der Waals surface area contributed by atoms with Crippen LogP contribution in [-0.4, -0.2) is 82.7 Å². The van der Waals surface area contributed by atoms with Crippen molar-refractivity contribution in [3.8, 4) is 0 Å². The molecule has 1 saturated heterocycles. The van der Waals surface area contributed by atoms with Crippen molar-refractivity contribution >= 4 is 17.7 Å². The molecule has 13 heteroatoms. The van der Waals surface area contributed by atoms with Crippen LogP contribution < -0.4 is 10.6 Å². The van der Waals surface area contributed by atoms with Crippen LogP contribution >= 0.6 is 0 Å². The number of nitrogens with one attached hydrogen (secondary N) is 2. The second-order valence-electron chi connectivity index (χ2n) is 10.6. The van der Waals surface area contributed by atoms with Crippen molar-refractivity contribution in [2.24, 2.45) is 5.41 Å². The van der Waals surface area contributed by atoms with Gasteiger partial charge in [0, 0.05) is 38.2 Å². The number of carbonyl (C=O) groups is 3. The van der Waals surface area contributed by atoms with E-state index in [-0.39, 0.29) is 37.1 Å². The van der Waals surface area contributed by atoms with E-state index in [1.807, 2.05) is 27.0 Å². The molecule has 188 valence electrons. The molecule has 5 rings (SSSR count). The summed E-state index contributed by atoms with van der Waals surface area (Å²) in [4.78, 5) is 40.3. The van der Waals surface area contributed by atoms with Gasteiger partial charge in [-0.25, -0.2) is 4.68 Å². The van der Waals surface area contributed by atoms with Crippen molar-refractivity contribution in [1.82, 2.24) is 45.3 Å². The van der Waals surface area contributed by atoms with E-state index in [4.69, 9.17) is 0 Å². The van der Waals surface area contributed by atoms with E-state index >= 15 is 0 Å². The molecule has 1 saturated carbocycles. The number of carbonyl (C=O) groups excluding carboxylic acids is 3. The third-order valence-electron chi connectivity index (χ3n) is 6.78. The largest absolute Gasteiger partial charge is 0.391 e. The number of aromatic nitrogens is 6. The molecule has 4 heterocycles. The molecule has 2 aromatic heterocycles. The lowest BCUT2D eigenvalue weighted by Crippen LogP contribution is -2.50. The minimum atomic E-state index is -0.833. The van der Waals surface area contributed by atoms with E-state index in [1.54, 1.807) is 9.25 Å². The molecular weight excluding hydrogens is 454 g/mol. The minimum absolute atomic E-state index is 0.0598. The van der Waals surface area contributed by atoms with Crippen molar-refractivity contribution in [2.45, 2.75) is 77.2 Å². The van der Waals surface area contributed by atoms with Gasteiger partial charge in [-0.2, -0.15) is 0 Å². The fraction of sp³-hybridized carbons (Fsp3) is 0.682. The molecule has 2 fully saturated rings. The molecule has 0 radical (unpaired) electrons. The summed E-state index contributed by atoms with van der Waals surface area (Å²) in [6, 6.07) is -1.51. The second-order valence-corrected chi connectivity index (χ2v) is 10.6. The molecule has 0 bridgehead atoms. The highest BCUT2D eigenvalue weighted by atomic mass is 16.3. The average molecular weight is 486 g/mol. The first-order valence-corrected chi connectivity index (χ1v) is 12.0. The molecule has 3 N–H and O–H groups in total. The van der Waals surface area contributed by atoms with E-state index in [2.05, 4.69) is 31.1 Å². The Labute approximate surface area is 202 Å². The monoisotopic (exact) mass is 485 g/mol. The van der Waals surface area contributed by atoms with Gasteiger partial charge in [-0.15, -0.1) is 15.3 Å². The third-order valence-corrected chi connectivity index (χ3v) is 6.78. The minimum Gasteiger partial charge on any atom is -0.391 e. The number of likely N-dealkylation sites (tertiary alicyclic amines) is 1. The number of nitrogens with zero attached hydrogens (tertiary/aromatic N) is 7. The summed E-state index contributed by atoms with van der Waals surface area (Å²) >= 11 is 0. The Bertz CT molecular complexity index is 1150. The molecule has 0 spiro atoms. The zero-order chi connectivity index (χ0) is 24.9. The summed E-state index contributed by atoms with van der Waals surface area (Å²) in [6.07, 6.45) is 3.32. The SMILES string of the molecule is CC(C)(C)[C@@H](C(=O)N1C[C@H](O)C[C@H]1C(=O)NCc1nnc2n1CCNC2=O)n1cc(C2CC2)nn1. The Hall–Kier alpha value is -3.35. The smallest absolute Gasteiger partial charge is 0.289 e. The number of rotatable bonds is 6. The first-order valence-electron chi connectivity index (χ1n) is 12.0. The summed E-state index contributed by atoms with van der Waals surface area (Å²) in [5, 5.41) is 32.3. The second kappa shape index (κ2) is 8.70. The van der Waals surface area contributed by atoms with Crippen molar-refractivity contribution < 1.29 is 19.5 Å². The number of hydrogen-bond acceptors (Lipinski definition) is 8. The van der Waals surface area contributed by atoms with Crippen molar-refractivity contribution in [2.75, 3.05) is 13.1 Å². The number of β-amino-alcohol motifs (C(OH)–C–C–N with tert-alkyl or cyclic N) is 1. The Kier molecular flexibility index (Phi) is 5.82. The van der Waals surface area contributed by atoms with Gasteiger partial charge < -0.3 is 25.2 Å². The number of fused-ring (bicyclic) bond motifs is 1. The maximum atomic E-state index is 13.8. The van der Waals surface area contributed by atoms with Crippen molar-refractivity contribution in [1.29, 1.82) is 0 Å². The highest BCUT2D eigenvalue weighted by Gasteiger charge is 2.45. The maximum absolute atomic E-state index is 13.8. The molecular formula is C22H31N9O4. The quantitative estimate of drug-likeness (QED) is 0.487. The zero-order valence-electron chi connectivity index (χ0n) is 20.1. The Balaban J connectivity index is 1.32. The van der Waals surface area contributed by atoms with Gasteiger partial charge in [-0.1, -0.05) is 26.0 Å². The van der Waals surface area contributed by atoms with Gasteiger partial charge in [0.15, 0.2) is 5.82 Å². The van der Waals surface area contributed by atoms with Crippen molar-refractivity contribution in [3.63, 3.8) is 0 Å². The lowest BCUT2D eigenvalue weighted by atomic mass is 9.85. The van der Waals surface area contributed by atoms with E-state index in [0.29, 0.717) is 24.8 Å². The molecule has 0 unspecified atom stereocenters. The Morgan fingerprint density at radius 2 is 2.03 bits per heavy atom. The molecule has 1 aliphatic carbocycles. The topological polar surface area (TPSA) is 160 Å². The van der Waals surface area contributed by atoms with E-state index in [1.165, 1.54) is 4.90 Å². The normalized spacial score (nSPS) is 23.1. The molecule has 13 nitrogen and oxygen atoms in total. The van der Waals surface area contributed by atoms with Gasteiger partial charge >= 0.3 is 0 Å². The standard InChI is InChI=1S/C22H31N9O4/c1-22(2,3)17(31-11-14(25-28-31)12-4-5-12)21(35)30-10-13(32)8-15(30)19(33)24-9-16-26-27-18-20(34)23-6-7-29(16)18/h11-13,15,17,32H,4-10H2,1-3H3,(H,23,34)(H,24,33)/t13-,15+,17-/m1/s1. The summed E-state index contributed by atoms with van der Waals surface area (Å²) in [7, 11) is 0. The molecule has 3 amide bonds. The third kappa shape index (κ3) is 4.51.